The molecule has 0 saturated carbocycles. The molecule has 17 heavy (non-hydrogen) atoms. The van der Waals surface area contributed by atoms with E-state index in [4.69, 9.17) is 5.73 Å². The predicted octanol–water partition coefficient (Wildman–Crippen LogP) is 2.86. The molecule has 0 bridgehead atoms. The van der Waals surface area contributed by atoms with Crippen LogP contribution in [-0.2, 0) is 0 Å². The fourth-order valence-electron chi connectivity index (χ4n) is 1.67. The number of aliphatic imine (C=N–C) groups is 2. The number of hydrogen-bond donors (Lipinski definition) is 1. The Hall–Kier alpha value is -1.48. The molecule has 0 saturated heterocycles. The lowest BCUT2D eigenvalue weighted by Gasteiger charge is -2.12. The summed E-state index contributed by atoms with van der Waals surface area (Å²) in [5.41, 5.74) is 9.40. The van der Waals surface area contributed by atoms with Crippen LogP contribution >= 0.6 is 0 Å². The van der Waals surface area contributed by atoms with Crippen LogP contribution in [0.25, 0.3) is 0 Å². The van der Waals surface area contributed by atoms with Crippen molar-refractivity contribution < 1.29 is 0 Å². The molecule has 1 unspecified atom stereocenters. The average molecular weight is 231 g/mol. The Balaban J connectivity index is 2.81. The highest BCUT2D eigenvalue weighted by molar-refractivity contribution is 6.15. The Morgan fingerprint density at radius 2 is 2.29 bits per heavy atom. The van der Waals surface area contributed by atoms with Crippen LogP contribution < -0.4 is 5.73 Å². The number of dihydropyridines is 1. The van der Waals surface area contributed by atoms with Gasteiger partial charge in [0.15, 0.2) is 0 Å². The molecular formula is C14H21N3. The fraction of sp³-hybridized carbons (Fsp3) is 0.429. The third-order valence-corrected chi connectivity index (χ3v) is 2.92. The molecule has 1 atom stereocenters. The molecule has 0 fully saturated rings. The Labute approximate surface area is 104 Å². The Kier molecular flexibility index (Phi) is 5.04. The largest absolute Gasteiger partial charge is 0.330 e. The van der Waals surface area contributed by atoms with E-state index in [-0.39, 0.29) is 0 Å². The molecule has 1 heterocycles. The summed E-state index contributed by atoms with van der Waals surface area (Å²) >= 11 is 0. The van der Waals surface area contributed by atoms with E-state index in [0.717, 1.165) is 23.5 Å². The Morgan fingerprint density at radius 3 is 2.82 bits per heavy atom. The van der Waals surface area contributed by atoms with Gasteiger partial charge in [0.2, 0.25) is 0 Å². The van der Waals surface area contributed by atoms with Gasteiger partial charge in [-0.15, -0.1) is 0 Å². The third kappa shape index (κ3) is 3.79. The van der Waals surface area contributed by atoms with Gasteiger partial charge in [0.05, 0.1) is 11.4 Å². The first-order valence-electron chi connectivity index (χ1n) is 5.95. The van der Waals surface area contributed by atoms with Crippen LogP contribution in [0.15, 0.2) is 46.2 Å². The van der Waals surface area contributed by atoms with Crippen LogP contribution in [0.1, 0.15) is 27.2 Å². The third-order valence-electron chi connectivity index (χ3n) is 2.92. The second-order valence-corrected chi connectivity index (χ2v) is 4.26. The average Bonchev–Trinajstić information content (AvgIpc) is 2.29. The molecule has 1 aliphatic heterocycles. The molecule has 0 spiro atoms. The highest BCUT2D eigenvalue weighted by atomic mass is 14.8. The number of nitrogens with two attached hydrogens (primary N) is 1. The van der Waals surface area contributed by atoms with Gasteiger partial charge in [-0.05, 0) is 44.9 Å². The van der Waals surface area contributed by atoms with Crippen LogP contribution in [0.4, 0.5) is 0 Å². The smallest absolute Gasteiger partial charge is 0.0880 e. The standard InChI is InChI=1S/C14H21N3/c1-5-13(8-15)10(2)9-16-14-7-6-11(3)17-12(14)4/h6-7,9,13H,4-5,8,15H2,1-3H3/b10-9+,16-14-. The molecule has 1 aliphatic rings. The second kappa shape index (κ2) is 6.30. The molecule has 0 aromatic heterocycles. The van der Waals surface area contributed by atoms with Gasteiger partial charge in [0, 0.05) is 11.9 Å². The first kappa shape index (κ1) is 13.6. The van der Waals surface area contributed by atoms with Gasteiger partial charge in [0.1, 0.15) is 0 Å². The zero-order valence-electron chi connectivity index (χ0n) is 10.9. The number of hydrogen-bond acceptors (Lipinski definition) is 3. The van der Waals surface area contributed by atoms with E-state index in [1.54, 1.807) is 0 Å². The van der Waals surface area contributed by atoms with E-state index in [9.17, 15) is 0 Å². The SMILES string of the molecule is C=C1N=C(C)C=C/C1=N/C=C(\C)C(CC)CN. The number of allylic oxidation sites excluding steroid dienone is 2. The summed E-state index contributed by atoms with van der Waals surface area (Å²) in [6.07, 6.45) is 6.80. The predicted molar refractivity (Wildman–Crippen MR) is 75.4 cm³/mol. The molecule has 3 heteroatoms. The van der Waals surface area contributed by atoms with Crippen molar-refractivity contribution in [1.29, 1.82) is 0 Å². The van der Waals surface area contributed by atoms with E-state index < -0.39 is 0 Å². The van der Waals surface area contributed by atoms with Crippen molar-refractivity contribution in [2.75, 3.05) is 6.54 Å². The maximum Gasteiger partial charge on any atom is 0.0880 e. The molecule has 0 aromatic rings. The van der Waals surface area contributed by atoms with E-state index in [0.29, 0.717) is 12.5 Å². The fourth-order valence-corrected chi connectivity index (χ4v) is 1.67. The van der Waals surface area contributed by atoms with E-state index in [1.807, 2.05) is 25.3 Å². The monoisotopic (exact) mass is 231 g/mol. The molecule has 3 nitrogen and oxygen atoms in total. The molecular weight excluding hydrogens is 210 g/mol. The maximum absolute atomic E-state index is 5.70. The first-order chi connectivity index (χ1) is 8.08. The van der Waals surface area contributed by atoms with Gasteiger partial charge < -0.3 is 5.73 Å². The Bertz CT molecular complexity index is 407. The normalized spacial score (nSPS) is 20.7. The minimum atomic E-state index is 0.408. The van der Waals surface area contributed by atoms with Gasteiger partial charge in [-0.25, -0.2) is 0 Å². The van der Waals surface area contributed by atoms with E-state index in [1.165, 1.54) is 5.57 Å². The van der Waals surface area contributed by atoms with Crippen molar-refractivity contribution >= 4 is 11.4 Å². The van der Waals surface area contributed by atoms with Crippen LogP contribution in [0, 0.1) is 5.92 Å². The molecule has 0 aliphatic carbocycles. The lowest BCUT2D eigenvalue weighted by molar-refractivity contribution is 0.602. The van der Waals surface area contributed by atoms with Gasteiger partial charge >= 0.3 is 0 Å². The van der Waals surface area contributed by atoms with Crippen molar-refractivity contribution in [1.82, 2.24) is 0 Å². The quantitative estimate of drug-likeness (QED) is 0.794. The highest BCUT2D eigenvalue weighted by Crippen LogP contribution is 2.14. The van der Waals surface area contributed by atoms with Crippen LogP contribution in [0.5, 0.6) is 0 Å². The molecule has 0 aromatic carbocycles. The van der Waals surface area contributed by atoms with Crippen molar-refractivity contribution in [2.45, 2.75) is 27.2 Å². The summed E-state index contributed by atoms with van der Waals surface area (Å²) in [6.45, 7) is 10.7. The highest BCUT2D eigenvalue weighted by Gasteiger charge is 2.07. The van der Waals surface area contributed by atoms with Crippen molar-refractivity contribution in [3.05, 3.63) is 36.2 Å². The zero-order chi connectivity index (χ0) is 12.8. The van der Waals surface area contributed by atoms with Crippen molar-refractivity contribution in [3.8, 4) is 0 Å². The van der Waals surface area contributed by atoms with Crippen LogP contribution in [0.2, 0.25) is 0 Å². The molecule has 2 N–H and O–H groups in total. The molecule has 1 rings (SSSR count). The minimum absolute atomic E-state index is 0.408. The van der Waals surface area contributed by atoms with Crippen LogP contribution in [0.3, 0.4) is 0 Å². The zero-order valence-corrected chi connectivity index (χ0v) is 10.9. The summed E-state index contributed by atoms with van der Waals surface area (Å²) in [5.74, 6) is 0.408. The number of nitrogens with zero attached hydrogens (tertiary/aromatic N) is 2. The van der Waals surface area contributed by atoms with E-state index in [2.05, 4.69) is 30.4 Å². The molecule has 0 amide bonds. The van der Waals surface area contributed by atoms with Gasteiger partial charge in [-0.2, -0.15) is 0 Å². The van der Waals surface area contributed by atoms with Gasteiger partial charge in [-0.3, -0.25) is 9.98 Å². The van der Waals surface area contributed by atoms with Crippen molar-refractivity contribution in [3.63, 3.8) is 0 Å². The van der Waals surface area contributed by atoms with Crippen LogP contribution in [-0.4, -0.2) is 18.0 Å². The lowest BCUT2D eigenvalue weighted by Crippen LogP contribution is -2.14. The number of rotatable bonds is 4. The van der Waals surface area contributed by atoms with Crippen molar-refractivity contribution in [2.24, 2.45) is 21.6 Å². The lowest BCUT2D eigenvalue weighted by atomic mass is 9.99. The maximum atomic E-state index is 5.70. The molecule has 92 valence electrons. The summed E-state index contributed by atoms with van der Waals surface area (Å²) in [7, 11) is 0. The van der Waals surface area contributed by atoms with Gasteiger partial charge in [-0.1, -0.05) is 19.1 Å². The Morgan fingerprint density at radius 1 is 1.59 bits per heavy atom. The summed E-state index contributed by atoms with van der Waals surface area (Å²) in [5, 5.41) is 0. The topological polar surface area (TPSA) is 50.7 Å². The first-order valence-corrected chi connectivity index (χ1v) is 5.95. The summed E-state index contributed by atoms with van der Waals surface area (Å²) < 4.78 is 0. The van der Waals surface area contributed by atoms with Gasteiger partial charge in [0.25, 0.3) is 0 Å². The molecule has 0 radical (unpaired) electrons. The summed E-state index contributed by atoms with van der Waals surface area (Å²) in [4.78, 5) is 8.70. The summed E-state index contributed by atoms with van der Waals surface area (Å²) in [6, 6.07) is 0. The second-order valence-electron chi connectivity index (χ2n) is 4.26. The minimum Gasteiger partial charge on any atom is -0.330 e. The van der Waals surface area contributed by atoms with E-state index >= 15 is 0 Å².